The molecular formula is C15H22N2O4S2. The molecule has 0 saturated carbocycles. The Bertz CT molecular complexity index is 676. The van der Waals surface area contributed by atoms with Crippen molar-refractivity contribution in [1.82, 2.24) is 0 Å². The zero-order valence-electron chi connectivity index (χ0n) is 13.4. The Hall–Kier alpha value is -1.28. The summed E-state index contributed by atoms with van der Waals surface area (Å²) in [4.78, 5) is 12.9. The van der Waals surface area contributed by atoms with Gasteiger partial charge in [-0.2, -0.15) is 11.8 Å². The van der Waals surface area contributed by atoms with Gasteiger partial charge >= 0.3 is 0 Å². The van der Waals surface area contributed by atoms with Gasteiger partial charge in [0.1, 0.15) is 5.69 Å². The molecule has 6 nitrogen and oxygen atoms in total. The summed E-state index contributed by atoms with van der Waals surface area (Å²) in [6.45, 7) is 3.64. The average Bonchev–Trinajstić information content (AvgIpc) is 2.71. The first kappa shape index (κ1) is 18.1. The lowest BCUT2D eigenvalue weighted by atomic mass is 10.2. The fourth-order valence-electron chi connectivity index (χ4n) is 2.84. The maximum Gasteiger partial charge on any atom is 0.293 e. The minimum absolute atomic E-state index is 0.0118. The van der Waals surface area contributed by atoms with Gasteiger partial charge in [-0.15, -0.1) is 0 Å². The molecule has 0 N–H and O–H groups in total. The van der Waals surface area contributed by atoms with E-state index in [1.165, 1.54) is 12.1 Å². The van der Waals surface area contributed by atoms with Crippen LogP contribution >= 0.6 is 11.8 Å². The lowest BCUT2D eigenvalue weighted by molar-refractivity contribution is -0.384. The lowest BCUT2D eigenvalue weighted by Crippen LogP contribution is -2.30. The van der Waals surface area contributed by atoms with Gasteiger partial charge in [0.15, 0.2) is 9.84 Å². The standard InChI is InChI=1S/C15H22N2O4S2/c1-3-22-12-6-4-5-9-16(11-12)14-8-7-13(23(2,20)21)10-15(14)17(18)19/h7-8,10,12H,3-6,9,11H2,1-2H3. The van der Waals surface area contributed by atoms with Crippen LogP contribution < -0.4 is 4.90 Å². The average molecular weight is 358 g/mol. The molecule has 2 rings (SSSR count). The van der Waals surface area contributed by atoms with Crippen molar-refractivity contribution in [2.24, 2.45) is 0 Å². The van der Waals surface area contributed by atoms with E-state index < -0.39 is 14.8 Å². The summed E-state index contributed by atoms with van der Waals surface area (Å²) in [6.07, 6.45) is 4.28. The minimum atomic E-state index is -3.46. The number of nitro groups is 1. The predicted octanol–water partition coefficient (Wildman–Crippen LogP) is 3.11. The van der Waals surface area contributed by atoms with Gasteiger partial charge in [0.2, 0.25) is 0 Å². The quantitative estimate of drug-likeness (QED) is 0.594. The molecule has 0 bridgehead atoms. The number of hydrogen-bond donors (Lipinski definition) is 0. The van der Waals surface area contributed by atoms with Crippen LogP contribution in [0.1, 0.15) is 26.2 Å². The van der Waals surface area contributed by atoms with Crippen molar-refractivity contribution in [3.05, 3.63) is 28.3 Å². The highest BCUT2D eigenvalue weighted by Gasteiger charge is 2.26. The summed E-state index contributed by atoms with van der Waals surface area (Å²) < 4.78 is 23.3. The molecule has 0 aliphatic carbocycles. The third-order valence-electron chi connectivity index (χ3n) is 3.94. The highest BCUT2D eigenvalue weighted by Crippen LogP contribution is 2.34. The third-order valence-corrected chi connectivity index (χ3v) is 6.24. The van der Waals surface area contributed by atoms with Gasteiger partial charge in [-0.1, -0.05) is 13.3 Å². The number of hydrogen-bond acceptors (Lipinski definition) is 6. The summed E-state index contributed by atoms with van der Waals surface area (Å²) in [6, 6.07) is 4.22. The van der Waals surface area contributed by atoms with Crippen LogP contribution in [-0.2, 0) is 9.84 Å². The van der Waals surface area contributed by atoms with Crippen molar-refractivity contribution in [2.75, 3.05) is 30.0 Å². The second kappa shape index (κ2) is 7.53. The molecule has 1 unspecified atom stereocenters. The van der Waals surface area contributed by atoms with Gasteiger partial charge in [-0.3, -0.25) is 10.1 Å². The maximum absolute atomic E-state index is 11.6. The number of sulfone groups is 1. The smallest absolute Gasteiger partial charge is 0.293 e. The molecular weight excluding hydrogens is 336 g/mol. The van der Waals surface area contributed by atoms with E-state index in [1.807, 2.05) is 16.7 Å². The van der Waals surface area contributed by atoms with Crippen molar-refractivity contribution in [2.45, 2.75) is 36.3 Å². The fourth-order valence-corrected chi connectivity index (χ4v) is 4.57. The summed E-state index contributed by atoms with van der Waals surface area (Å²) in [5.74, 6) is 1.02. The zero-order chi connectivity index (χ0) is 17.0. The third kappa shape index (κ3) is 4.60. The summed E-state index contributed by atoms with van der Waals surface area (Å²) in [7, 11) is -3.46. The molecule has 8 heteroatoms. The van der Waals surface area contributed by atoms with Crippen molar-refractivity contribution in [3.63, 3.8) is 0 Å². The molecule has 0 spiro atoms. The molecule has 0 aromatic heterocycles. The normalized spacial score (nSPS) is 19.4. The molecule has 1 atom stereocenters. The van der Waals surface area contributed by atoms with Gasteiger partial charge in [0.05, 0.1) is 9.82 Å². The monoisotopic (exact) mass is 358 g/mol. The van der Waals surface area contributed by atoms with Crippen LogP contribution in [0.4, 0.5) is 11.4 Å². The molecule has 0 amide bonds. The second-order valence-electron chi connectivity index (χ2n) is 5.70. The van der Waals surface area contributed by atoms with Crippen molar-refractivity contribution < 1.29 is 13.3 Å². The molecule has 1 aromatic carbocycles. The first-order chi connectivity index (χ1) is 10.8. The Balaban J connectivity index is 2.39. The van der Waals surface area contributed by atoms with Gasteiger partial charge in [0.25, 0.3) is 5.69 Å². The Morgan fingerprint density at radius 3 is 2.74 bits per heavy atom. The van der Waals surface area contributed by atoms with E-state index in [1.54, 1.807) is 6.07 Å². The van der Waals surface area contributed by atoms with E-state index in [2.05, 4.69) is 6.92 Å². The second-order valence-corrected chi connectivity index (χ2v) is 9.29. The highest BCUT2D eigenvalue weighted by atomic mass is 32.2. The number of nitrogens with zero attached hydrogens (tertiary/aromatic N) is 2. The topological polar surface area (TPSA) is 80.5 Å². The first-order valence-electron chi connectivity index (χ1n) is 7.68. The molecule has 1 aliphatic heterocycles. The first-order valence-corrected chi connectivity index (χ1v) is 10.6. The highest BCUT2D eigenvalue weighted by molar-refractivity contribution is 7.99. The van der Waals surface area contributed by atoms with Crippen molar-refractivity contribution >= 4 is 33.0 Å². The fraction of sp³-hybridized carbons (Fsp3) is 0.600. The van der Waals surface area contributed by atoms with Crippen molar-refractivity contribution in [1.29, 1.82) is 0 Å². The molecule has 1 heterocycles. The SMILES string of the molecule is CCSC1CCCCN(c2ccc(S(C)(=O)=O)cc2[N+](=O)[O-])C1. The largest absolute Gasteiger partial charge is 0.365 e. The summed E-state index contributed by atoms with van der Waals surface area (Å²) >= 11 is 1.88. The number of thioether (sulfide) groups is 1. The number of nitro benzene ring substituents is 1. The van der Waals surface area contributed by atoms with Gasteiger partial charge in [0, 0.05) is 30.7 Å². The number of rotatable bonds is 5. The molecule has 128 valence electrons. The van der Waals surface area contributed by atoms with Crippen LogP contribution in [0.25, 0.3) is 0 Å². The number of anilines is 1. The van der Waals surface area contributed by atoms with E-state index in [9.17, 15) is 18.5 Å². The number of benzene rings is 1. The maximum atomic E-state index is 11.6. The lowest BCUT2D eigenvalue weighted by Gasteiger charge is -2.26. The van der Waals surface area contributed by atoms with Crippen LogP contribution in [0.2, 0.25) is 0 Å². The molecule has 23 heavy (non-hydrogen) atoms. The van der Waals surface area contributed by atoms with Gasteiger partial charge in [-0.05, 0) is 30.7 Å². The minimum Gasteiger partial charge on any atom is -0.365 e. The molecule has 1 aliphatic rings. The van der Waals surface area contributed by atoms with E-state index >= 15 is 0 Å². The Kier molecular flexibility index (Phi) is 5.91. The molecule has 1 aromatic rings. The van der Waals surface area contributed by atoms with Crippen molar-refractivity contribution in [3.8, 4) is 0 Å². The van der Waals surface area contributed by atoms with Crippen LogP contribution in [0.5, 0.6) is 0 Å². The Labute approximate surface area is 141 Å². The Morgan fingerprint density at radius 1 is 1.39 bits per heavy atom. The van der Waals surface area contributed by atoms with E-state index in [0.717, 1.165) is 44.4 Å². The van der Waals surface area contributed by atoms with Crippen LogP contribution in [-0.4, -0.2) is 43.7 Å². The summed E-state index contributed by atoms with van der Waals surface area (Å²) in [5, 5.41) is 11.9. The van der Waals surface area contributed by atoms with Crippen LogP contribution in [0.15, 0.2) is 23.1 Å². The summed E-state index contributed by atoms with van der Waals surface area (Å²) in [5.41, 5.74) is 0.390. The van der Waals surface area contributed by atoms with Crippen LogP contribution in [0, 0.1) is 10.1 Å². The van der Waals surface area contributed by atoms with E-state index in [-0.39, 0.29) is 10.6 Å². The van der Waals surface area contributed by atoms with Gasteiger partial charge < -0.3 is 4.90 Å². The zero-order valence-corrected chi connectivity index (χ0v) is 15.0. The van der Waals surface area contributed by atoms with E-state index in [0.29, 0.717) is 10.9 Å². The molecule has 1 fully saturated rings. The van der Waals surface area contributed by atoms with Crippen LogP contribution in [0.3, 0.4) is 0 Å². The predicted molar refractivity (Wildman–Crippen MR) is 94.2 cm³/mol. The Morgan fingerprint density at radius 2 is 2.13 bits per heavy atom. The van der Waals surface area contributed by atoms with E-state index in [4.69, 9.17) is 0 Å². The molecule has 1 saturated heterocycles. The molecule has 0 radical (unpaired) electrons. The van der Waals surface area contributed by atoms with Gasteiger partial charge in [-0.25, -0.2) is 8.42 Å².